The first-order chi connectivity index (χ1) is 66.9. The van der Waals surface area contributed by atoms with E-state index in [1.54, 1.807) is 48.5 Å². The van der Waals surface area contributed by atoms with E-state index in [0.717, 1.165) is 42.2 Å². The monoisotopic (exact) mass is 2030 g/mol. The maximum atomic E-state index is 15.4. The summed E-state index contributed by atoms with van der Waals surface area (Å²) < 4.78 is 0. The average molecular weight is 2030 g/mol. The summed E-state index contributed by atoms with van der Waals surface area (Å²) in [5, 5.41) is 79.0. The van der Waals surface area contributed by atoms with Crippen LogP contribution in [0.5, 0.6) is 5.75 Å². The van der Waals surface area contributed by atoms with Gasteiger partial charge in [-0.15, -0.1) is 11.8 Å². The third-order valence-electron chi connectivity index (χ3n) is 25.3. The smallest absolute Gasteiger partial charge is 0.305 e. The average Bonchev–Trinajstić information content (AvgIpc) is 1.52. The Kier molecular flexibility index (Phi) is 39.9. The molecule has 7 heterocycles. The molecule has 0 aliphatic carbocycles. The van der Waals surface area contributed by atoms with Crippen molar-refractivity contribution in [2.24, 2.45) is 51.2 Å². The summed E-state index contributed by atoms with van der Waals surface area (Å²) in [6.45, 7) is 7.49. The quantitative estimate of drug-likeness (QED) is 0.0345. The molecule has 142 heavy (non-hydrogen) atoms. The lowest BCUT2D eigenvalue weighted by atomic mass is 9.71. The molecule has 2 unspecified atom stereocenters. The van der Waals surface area contributed by atoms with E-state index in [0.29, 0.717) is 21.9 Å². The molecule has 6 bridgehead atoms. The van der Waals surface area contributed by atoms with E-state index >= 15 is 33.6 Å². The van der Waals surface area contributed by atoms with E-state index in [1.165, 1.54) is 97.8 Å². The van der Waals surface area contributed by atoms with Crippen LogP contribution in [0.25, 0.3) is 10.8 Å². The van der Waals surface area contributed by atoms with E-state index < -0.39 is 331 Å². The van der Waals surface area contributed by atoms with Crippen LogP contribution in [0.2, 0.25) is 0 Å². The van der Waals surface area contributed by atoms with Crippen molar-refractivity contribution in [2.75, 3.05) is 73.8 Å². The van der Waals surface area contributed by atoms with Crippen LogP contribution < -0.4 is 75.7 Å². The minimum atomic E-state index is -2.27. The first kappa shape index (κ1) is 112. The first-order valence-corrected chi connectivity index (χ1v) is 49.4. The Morgan fingerprint density at radius 1 is 0.415 bits per heavy atom. The fourth-order valence-electron chi connectivity index (χ4n) is 17.6. The van der Waals surface area contributed by atoms with E-state index in [9.17, 15) is 102 Å². The highest BCUT2D eigenvalue weighted by molar-refractivity contribution is 8.00. The highest BCUT2D eigenvalue weighted by Crippen LogP contribution is 2.57. The molecule has 45 nitrogen and oxygen atoms in total. The van der Waals surface area contributed by atoms with Gasteiger partial charge >= 0.3 is 23.9 Å². The minimum absolute atomic E-state index is 0.118. The molecule has 0 radical (unpaired) electrons. The Bertz CT molecular complexity index is 5450. The number of rotatable bonds is 22. The molecule has 4 aromatic carbocycles. The van der Waals surface area contributed by atoms with E-state index in [1.807, 2.05) is 0 Å². The van der Waals surface area contributed by atoms with Crippen molar-refractivity contribution in [1.29, 1.82) is 0 Å². The van der Waals surface area contributed by atoms with Crippen LogP contribution in [0.15, 0.2) is 97.1 Å². The Morgan fingerprint density at radius 2 is 0.831 bits per heavy atom. The lowest BCUT2D eigenvalue weighted by molar-refractivity contribution is -0.142. The number of carboxylic acid groups (broad SMARTS) is 4. The van der Waals surface area contributed by atoms with Gasteiger partial charge in [0.05, 0.1) is 66.5 Å². The van der Waals surface area contributed by atoms with Gasteiger partial charge in [0.25, 0.3) is 0 Å². The Labute approximate surface area is 828 Å². The number of hydrogen-bond donors (Lipinski definition) is 19. The Morgan fingerprint density at radius 3 is 1.32 bits per heavy atom. The second-order valence-corrected chi connectivity index (χ2v) is 40.6. The van der Waals surface area contributed by atoms with Gasteiger partial charge in [0.1, 0.15) is 65.9 Å². The summed E-state index contributed by atoms with van der Waals surface area (Å²) in [6, 6.07) is 2.65. The Hall–Kier alpha value is -13.6. The number of carbonyl (C=O) groups excluding carboxylic acids is 19. The van der Waals surface area contributed by atoms with Crippen LogP contribution in [-0.2, 0) is 130 Å². The topological polar surface area (TPSA) is 714 Å². The van der Waals surface area contributed by atoms with Crippen LogP contribution in [0, 0.1) is 34.0 Å². The number of nitrogens with two attached hydrogens (primary N) is 3. The van der Waals surface area contributed by atoms with Gasteiger partial charge in [0, 0.05) is 118 Å². The van der Waals surface area contributed by atoms with Crippen LogP contribution >= 0.6 is 35.3 Å². The van der Waals surface area contributed by atoms with Gasteiger partial charge in [-0.1, -0.05) is 106 Å². The molecule has 16 amide bonds. The third kappa shape index (κ3) is 31.7. The van der Waals surface area contributed by atoms with Gasteiger partial charge in [0.2, 0.25) is 94.5 Å². The number of hydrogen-bond acceptors (Lipinski definition) is 28. The summed E-state index contributed by atoms with van der Waals surface area (Å²) >= 11 is 2.55. The second-order valence-electron chi connectivity index (χ2n) is 37.5. The number of carbonyl (C=O) groups is 23. The molecule has 0 aromatic heterocycles. The van der Waals surface area contributed by atoms with Gasteiger partial charge in [-0.25, -0.2) is 0 Å². The van der Waals surface area contributed by atoms with Crippen LogP contribution in [0.4, 0.5) is 0 Å². The summed E-state index contributed by atoms with van der Waals surface area (Å²) in [4.78, 5) is 332. The predicted octanol–water partition coefficient (Wildman–Crippen LogP) is -3.17. The van der Waals surface area contributed by atoms with Gasteiger partial charge in [-0.3, -0.25) is 110 Å². The summed E-state index contributed by atoms with van der Waals surface area (Å²) in [5.41, 5.74) is 15.0. The largest absolute Gasteiger partial charge is 0.508 e. The second kappa shape index (κ2) is 50.7. The molecule has 768 valence electrons. The van der Waals surface area contributed by atoms with Gasteiger partial charge in [-0.2, -0.15) is 23.5 Å². The molecule has 17 atom stereocenters. The molecule has 48 heteroatoms. The van der Waals surface area contributed by atoms with E-state index in [2.05, 4.69) is 58.5 Å². The normalized spacial score (nSPS) is 27.0. The third-order valence-corrected chi connectivity index (χ3v) is 28.5. The Balaban J connectivity index is 1.14. The van der Waals surface area contributed by atoms with Crippen LogP contribution in [-0.4, -0.2) is 322 Å². The zero-order valence-corrected chi connectivity index (χ0v) is 81.4. The number of benzene rings is 4. The molecular weight excluding hydrogens is 1910 g/mol. The van der Waals surface area contributed by atoms with E-state index in [4.69, 9.17) is 17.2 Å². The fraction of sp³-hybridized carbons (Fsp3) is 0.521. The lowest BCUT2D eigenvalue weighted by Crippen LogP contribution is -2.61. The number of amides is 16. The molecule has 11 rings (SSSR count). The number of ketones is 3. The fourth-order valence-corrected chi connectivity index (χ4v) is 20.6. The van der Waals surface area contributed by atoms with Crippen LogP contribution in [0.1, 0.15) is 122 Å². The van der Waals surface area contributed by atoms with Crippen molar-refractivity contribution in [3.05, 3.63) is 114 Å². The summed E-state index contributed by atoms with van der Waals surface area (Å²) in [7, 11) is 0. The van der Waals surface area contributed by atoms with Gasteiger partial charge in [0.15, 0.2) is 11.6 Å². The number of aromatic hydroxyl groups is 1. The lowest BCUT2D eigenvalue weighted by Gasteiger charge is -2.33. The van der Waals surface area contributed by atoms with E-state index in [-0.39, 0.29) is 80.0 Å². The SMILES string of the molecule is C[C@H](N)C(=O)C[C@H]1CSCC(=O)N2CC34CN5CC3(C2)CN(C4)C(=O)CSC[C@H](NC(=O)[C@@H](C)NC(=O)[C@H](Cc2cccc3ccccc23)CC(=O)[C@H](CCC(=O)O)NC(=O)[C@H](CC(N)=O)NC(=O)[C@@H](C)NC1=O)C(=O)N[C@@H](CCC(=O)O)C(=O)N[C@@H](CC(=O)O)C(=O)N[C@@H](Cc1ccccc1)C(=O)N[C@@H](Cc1ccc(O)cc1)C(=O)N[C@@H](CC(=O)O)C(=O)N[C@@H](C(C)(C)C)C(=O)C[C@H](C(N)=O)CSCC5=O. The number of nitrogens with one attached hydrogen (secondary N) is 11. The number of primary amides is 2. The minimum Gasteiger partial charge on any atom is -0.508 e. The predicted molar refractivity (Wildman–Crippen MR) is 512 cm³/mol. The number of thioether (sulfide) groups is 3. The first-order valence-electron chi connectivity index (χ1n) is 45.9. The van der Waals surface area contributed by atoms with Crippen molar-refractivity contribution in [2.45, 2.75) is 198 Å². The van der Waals surface area contributed by atoms with Crippen molar-refractivity contribution < 1.29 is 136 Å². The summed E-state index contributed by atoms with van der Waals surface area (Å²) in [6.07, 6.45) is -10.1. The zero-order valence-electron chi connectivity index (χ0n) is 79.0. The molecule has 0 saturated carbocycles. The number of phenolic OH excluding ortho intramolecular Hbond substituents is 1. The molecule has 4 aromatic rings. The molecule has 7 aliphatic heterocycles. The van der Waals surface area contributed by atoms with Gasteiger partial charge in [-0.05, 0) is 85.0 Å². The zero-order chi connectivity index (χ0) is 105. The molecule has 2 spiro atoms. The van der Waals surface area contributed by atoms with Gasteiger partial charge < -0.3 is 116 Å². The maximum absolute atomic E-state index is 15.4. The van der Waals surface area contributed by atoms with Crippen molar-refractivity contribution in [1.82, 2.24) is 73.2 Å². The van der Waals surface area contributed by atoms with Crippen molar-refractivity contribution >= 4 is 182 Å². The number of nitrogens with zero attached hydrogens (tertiary/aromatic N) is 3. The maximum Gasteiger partial charge on any atom is 0.305 e. The highest BCUT2D eigenvalue weighted by Gasteiger charge is 2.69. The number of Topliss-reactive ketones (excluding diaryl/α,β-unsaturated/α-hetero) is 3. The summed E-state index contributed by atoms with van der Waals surface area (Å²) in [5.74, 6) is -33.2. The highest BCUT2D eigenvalue weighted by atomic mass is 32.2. The molecule has 7 aliphatic rings. The molecule has 22 N–H and O–H groups in total. The molecule has 7 saturated heterocycles. The standard InChI is InChI=1S/C94H121N17O28S3/c1-48(95)68(113)32-57-37-141-40-73(118)110-44-93-42-109-43-94(93,45-110)47-111(46-93)74(119)41-142-38-67(107-82(130)50(3)98-83(131)55(29-54-17-12-16-53-15-10-11-18-59(53)54)30-69(114)60(23-25-75(120)121)100-88(136)64(33-71(96)116)102-81(129)49(2)99-84(57)132)91(139)101-61(24-26-76(122)123)85(133)105-65(34-77(124)125)89(137)104-62(27-51-13-8-7-9-14-51)86(134)103-63(28-52-19-21-58(112)22-20-52)87(135)106-66(35-78(126)127)90(138)108-79(92(4,5)6)70(115)31-56(80(97)128)36-140-39-72(109)117/h7-22,48-50,55-57,60-67,79,112H,23-47,95H2,1-6H3,(H2,96,116)(H2,97,128)(H,98,131)(H,99,132)(H,100,136)(H,101,139)(H,102,129)(H,103,134)(H,104,137)(H,105,133)(H,106,135)(H,107,130)(H,108,138)(H,120,121)(H,122,123)(H,124,125)(H,126,127)/t48-,49+,50+,55+,56-,57-,60-,61-,62-,63-,64-,65-,66-,67-,79+,93?,94?/m0/s1. The number of aliphatic carboxylic acids is 4. The van der Waals surface area contributed by atoms with Crippen LogP contribution in [0.3, 0.4) is 0 Å². The molecule has 7 fully saturated rings. The number of fused-ring (bicyclic) bond motifs is 46. The molecular formula is C94H121N17O28S3. The number of phenols is 1. The van der Waals surface area contributed by atoms with Crippen molar-refractivity contribution in [3.8, 4) is 5.75 Å². The number of carboxylic acids is 4. The van der Waals surface area contributed by atoms with Crippen molar-refractivity contribution in [3.63, 3.8) is 0 Å².